The van der Waals surface area contributed by atoms with Crippen LogP contribution in [-0.2, 0) is 0 Å². The van der Waals surface area contributed by atoms with Crippen LogP contribution in [0.2, 0.25) is 5.02 Å². The minimum atomic E-state index is 0.678. The van der Waals surface area contributed by atoms with E-state index in [4.69, 9.17) is 11.6 Å². The van der Waals surface area contributed by atoms with Gasteiger partial charge in [-0.3, -0.25) is 4.98 Å². The Bertz CT molecular complexity index is 334. The molecule has 0 unspecified atom stereocenters. The number of hydrogen-bond donors (Lipinski definition) is 0. The van der Waals surface area contributed by atoms with Crippen LogP contribution in [0.5, 0.6) is 0 Å². The van der Waals surface area contributed by atoms with E-state index in [0.29, 0.717) is 5.02 Å². The average molecular weight is 294 g/mol. The maximum atomic E-state index is 5.97. The Labute approximate surface area is 91.0 Å². The Balaban J connectivity index is 3.33. The molecule has 0 N–H and O–H groups in total. The van der Waals surface area contributed by atoms with Crippen molar-refractivity contribution < 1.29 is 0 Å². The molecule has 3 heteroatoms. The molecule has 0 radical (unpaired) electrons. The molecule has 1 heterocycles. The molecule has 1 aromatic rings. The predicted molar refractivity (Wildman–Crippen MR) is 61.4 cm³/mol. The fourth-order valence-corrected chi connectivity index (χ4v) is 1.79. The molecular weight excluding hydrogens is 284 g/mol. The molecule has 0 aliphatic heterocycles. The van der Waals surface area contributed by atoms with Crippen molar-refractivity contribution in [1.29, 1.82) is 0 Å². The lowest BCUT2D eigenvalue weighted by atomic mass is 10.2. The van der Waals surface area contributed by atoms with Gasteiger partial charge in [-0.1, -0.05) is 18.2 Å². The second-order valence-electron chi connectivity index (χ2n) is 2.67. The van der Waals surface area contributed by atoms with Gasteiger partial charge < -0.3 is 0 Å². The highest BCUT2D eigenvalue weighted by atomic mass is 127. The molecule has 0 atom stereocenters. The van der Waals surface area contributed by atoms with E-state index in [-0.39, 0.29) is 0 Å². The van der Waals surface area contributed by atoms with E-state index in [1.807, 2.05) is 19.9 Å². The summed E-state index contributed by atoms with van der Waals surface area (Å²) in [7, 11) is 0. The molecular formula is C9H9ClIN. The van der Waals surface area contributed by atoms with E-state index in [1.165, 1.54) is 0 Å². The van der Waals surface area contributed by atoms with Gasteiger partial charge in [-0.25, -0.2) is 0 Å². The monoisotopic (exact) mass is 293 g/mol. The van der Waals surface area contributed by atoms with Crippen molar-refractivity contribution in [3.8, 4) is 0 Å². The van der Waals surface area contributed by atoms with Crippen molar-refractivity contribution in [3.05, 3.63) is 32.6 Å². The van der Waals surface area contributed by atoms with Crippen molar-refractivity contribution in [2.75, 3.05) is 0 Å². The number of aryl methyl sites for hydroxylation is 1. The van der Waals surface area contributed by atoms with E-state index in [1.54, 1.807) is 0 Å². The third-order valence-electron chi connectivity index (χ3n) is 1.51. The van der Waals surface area contributed by atoms with Crippen LogP contribution in [0.15, 0.2) is 12.6 Å². The molecule has 64 valence electrons. The molecule has 0 saturated carbocycles. The summed E-state index contributed by atoms with van der Waals surface area (Å²) in [5.41, 5.74) is 2.70. The van der Waals surface area contributed by atoms with Crippen molar-refractivity contribution in [2.24, 2.45) is 0 Å². The van der Waals surface area contributed by atoms with E-state index in [0.717, 1.165) is 20.5 Å². The van der Waals surface area contributed by atoms with Crippen molar-refractivity contribution >= 4 is 39.8 Å². The van der Waals surface area contributed by atoms with Crippen LogP contribution < -0.4 is 0 Å². The maximum Gasteiger partial charge on any atom is 0.0843 e. The molecule has 1 rings (SSSR count). The zero-order valence-electron chi connectivity index (χ0n) is 6.99. The van der Waals surface area contributed by atoms with Crippen LogP contribution in [0, 0.1) is 10.5 Å². The highest BCUT2D eigenvalue weighted by Gasteiger charge is 2.05. The molecule has 0 aromatic carbocycles. The number of nitrogens with zero attached hydrogens (tertiary/aromatic N) is 1. The third-order valence-corrected chi connectivity index (χ3v) is 2.89. The minimum absolute atomic E-state index is 0.678. The first-order valence-electron chi connectivity index (χ1n) is 3.51. The fourth-order valence-electron chi connectivity index (χ4n) is 0.858. The summed E-state index contributed by atoms with van der Waals surface area (Å²) in [5, 5.41) is 0.678. The summed E-state index contributed by atoms with van der Waals surface area (Å²) in [6.45, 7) is 7.67. The van der Waals surface area contributed by atoms with E-state index >= 15 is 0 Å². The van der Waals surface area contributed by atoms with Gasteiger partial charge in [-0.2, -0.15) is 0 Å². The van der Waals surface area contributed by atoms with Crippen LogP contribution in [-0.4, -0.2) is 4.98 Å². The first-order valence-corrected chi connectivity index (χ1v) is 4.96. The summed E-state index contributed by atoms with van der Waals surface area (Å²) in [4.78, 5) is 4.33. The highest BCUT2D eigenvalue weighted by molar-refractivity contribution is 14.1. The standard InChI is InChI=1S/C9H9ClIN/c1-5(2)9-7(10)4-8(11)6(3)12-9/h4H,1H2,2-3H3. The zero-order valence-corrected chi connectivity index (χ0v) is 9.90. The molecule has 1 aromatic heterocycles. The van der Waals surface area contributed by atoms with Crippen LogP contribution in [0.3, 0.4) is 0 Å². The molecule has 0 aliphatic rings. The van der Waals surface area contributed by atoms with Crippen molar-refractivity contribution in [3.63, 3.8) is 0 Å². The van der Waals surface area contributed by atoms with Gasteiger partial charge in [0.2, 0.25) is 0 Å². The normalized spacial score (nSPS) is 10.0. The maximum absolute atomic E-state index is 5.97. The number of aromatic nitrogens is 1. The van der Waals surface area contributed by atoms with Gasteiger partial charge in [-0.05, 0) is 48.1 Å². The molecule has 0 amide bonds. The van der Waals surface area contributed by atoms with Gasteiger partial charge >= 0.3 is 0 Å². The quantitative estimate of drug-likeness (QED) is 0.720. The van der Waals surface area contributed by atoms with Crippen molar-refractivity contribution in [2.45, 2.75) is 13.8 Å². The SMILES string of the molecule is C=C(C)c1nc(C)c(I)cc1Cl. The molecule has 0 aliphatic carbocycles. The van der Waals surface area contributed by atoms with Gasteiger partial charge in [0.05, 0.1) is 16.4 Å². The lowest BCUT2D eigenvalue weighted by Crippen LogP contribution is -1.93. The average Bonchev–Trinajstić information content (AvgIpc) is 1.96. The number of halogens is 2. The second kappa shape index (κ2) is 3.75. The summed E-state index contributed by atoms with van der Waals surface area (Å²) >= 11 is 8.18. The summed E-state index contributed by atoms with van der Waals surface area (Å²) in [6, 6.07) is 1.91. The molecule has 0 spiro atoms. The lowest BCUT2D eigenvalue weighted by molar-refractivity contribution is 1.15. The Morgan fingerprint density at radius 3 is 2.75 bits per heavy atom. The van der Waals surface area contributed by atoms with Gasteiger partial charge in [0.1, 0.15) is 0 Å². The fraction of sp³-hybridized carbons (Fsp3) is 0.222. The van der Waals surface area contributed by atoms with Gasteiger partial charge in [0.25, 0.3) is 0 Å². The first kappa shape index (κ1) is 9.99. The van der Waals surface area contributed by atoms with Gasteiger partial charge in [0.15, 0.2) is 0 Å². The zero-order chi connectivity index (χ0) is 9.30. The van der Waals surface area contributed by atoms with E-state index < -0.39 is 0 Å². The predicted octanol–water partition coefficient (Wildman–Crippen LogP) is 3.68. The summed E-state index contributed by atoms with van der Waals surface area (Å²) < 4.78 is 1.09. The Kier molecular flexibility index (Phi) is 3.12. The highest BCUT2D eigenvalue weighted by Crippen LogP contribution is 2.23. The largest absolute Gasteiger partial charge is 0.251 e. The number of rotatable bonds is 1. The number of hydrogen-bond acceptors (Lipinski definition) is 1. The molecule has 1 nitrogen and oxygen atoms in total. The summed E-state index contributed by atoms with van der Waals surface area (Å²) in [6.07, 6.45) is 0. The van der Waals surface area contributed by atoms with Crippen LogP contribution >= 0.6 is 34.2 Å². The first-order chi connectivity index (χ1) is 5.52. The summed E-state index contributed by atoms with van der Waals surface area (Å²) in [5.74, 6) is 0. The Morgan fingerprint density at radius 2 is 2.25 bits per heavy atom. The van der Waals surface area contributed by atoms with E-state index in [2.05, 4.69) is 34.2 Å². The van der Waals surface area contributed by atoms with Crippen LogP contribution in [0.25, 0.3) is 5.57 Å². The minimum Gasteiger partial charge on any atom is -0.251 e. The molecule has 0 fully saturated rings. The smallest absolute Gasteiger partial charge is 0.0843 e. The lowest BCUT2D eigenvalue weighted by Gasteiger charge is -2.05. The Hall–Kier alpha value is -0.0900. The van der Waals surface area contributed by atoms with Crippen LogP contribution in [0.1, 0.15) is 18.3 Å². The van der Waals surface area contributed by atoms with E-state index in [9.17, 15) is 0 Å². The second-order valence-corrected chi connectivity index (χ2v) is 4.24. The van der Waals surface area contributed by atoms with Gasteiger partial charge in [-0.15, -0.1) is 0 Å². The Morgan fingerprint density at radius 1 is 1.67 bits per heavy atom. The number of pyridine rings is 1. The number of allylic oxidation sites excluding steroid dienone is 1. The molecule has 0 bridgehead atoms. The molecule has 0 saturated heterocycles. The third kappa shape index (κ3) is 1.98. The van der Waals surface area contributed by atoms with Crippen LogP contribution in [0.4, 0.5) is 0 Å². The van der Waals surface area contributed by atoms with Crippen molar-refractivity contribution in [1.82, 2.24) is 4.98 Å². The molecule has 12 heavy (non-hydrogen) atoms. The topological polar surface area (TPSA) is 12.9 Å². The van der Waals surface area contributed by atoms with Gasteiger partial charge in [0, 0.05) is 3.57 Å².